The van der Waals surface area contributed by atoms with E-state index >= 15 is 0 Å². The van der Waals surface area contributed by atoms with Crippen molar-refractivity contribution >= 4 is 15.9 Å². The second-order valence-corrected chi connectivity index (χ2v) is 3.59. The summed E-state index contributed by atoms with van der Waals surface area (Å²) in [7, 11) is 0. The average molecular weight is 245 g/mol. The van der Waals surface area contributed by atoms with E-state index in [0.717, 1.165) is 17.6 Å². The topological polar surface area (TPSA) is 44.2 Å². The predicted octanol–water partition coefficient (Wildman–Crippen LogP) is 1.41. The van der Waals surface area contributed by atoms with Crippen molar-refractivity contribution in [2.45, 2.75) is 12.5 Å². The quantitative estimate of drug-likeness (QED) is 0.739. The normalized spacial score (nSPS) is 21.8. The van der Waals surface area contributed by atoms with Gasteiger partial charge in [-0.3, -0.25) is 0 Å². The van der Waals surface area contributed by atoms with E-state index < -0.39 is 0 Å². The van der Waals surface area contributed by atoms with Gasteiger partial charge in [-0.15, -0.1) is 0 Å². The third-order valence-corrected chi connectivity index (χ3v) is 2.22. The molecule has 1 unspecified atom stereocenters. The van der Waals surface area contributed by atoms with Crippen LogP contribution < -0.4 is 4.74 Å². The summed E-state index contributed by atoms with van der Waals surface area (Å²) < 4.78 is 11.5. The lowest BCUT2D eigenvalue weighted by Crippen LogP contribution is -2.16. The van der Waals surface area contributed by atoms with Crippen molar-refractivity contribution in [2.75, 3.05) is 13.2 Å². The van der Waals surface area contributed by atoms with Crippen LogP contribution in [0.15, 0.2) is 17.0 Å². The van der Waals surface area contributed by atoms with Gasteiger partial charge in [-0.2, -0.15) is 0 Å². The van der Waals surface area contributed by atoms with E-state index in [-0.39, 0.29) is 6.10 Å². The van der Waals surface area contributed by atoms with Crippen LogP contribution in [0.1, 0.15) is 6.42 Å². The highest BCUT2D eigenvalue weighted by atomic mass is 79.9. The van der Waals surface area contributed by atoms with E-state index in [0.29, 0.717) is 12.5 Å². The Hall–Kier alpha value is -0.680. The van der Waals surface area contributed by atoms with Crippen molar-refractivity contribution in [1.82, 2.24) is 9.97 Å². The zero-order chi connectivity index (χ0) is 9.10. The molecule has 2 rings (SSSR count). The van der Waals surface area contributed by atoms with Crippen LogP contribution in [0, 0.1) is 0 Å². The highest BCUT2D eigenvalue weighted by Gasteiger charge is 2.17. The summed E-state index contributed by atoms with van der Waals surface area (Å²) in [6.45, 7) is 1.43. The van der Waals surface area contributed by atoms with Crippen LogP contribution >= 0.6 is 15.9 Å². The molecule has 70 valence electrons. The molecule has 5 heteroatoms. The van der Waals surface area contributed by atoms with Gasteiger partial charge in [0, 0.05) is 12.5 Å². The van der Waals surface area contributed by atoms with E-state index in [9.17, 15) is 0 Å². The van der Waals surface area contributed by atoms with Crippen LogP contribution in [-0.4, -0.2) is 29.3 Å². The van der Waals surface area contributed by atoms with Crippen molar-refractivity contribution in [3.05, 3.63) is 17.0 Å². The first-order valence-electron chi connectivity index (χ1n) is 4.06. The molecule has 0 saturated carbocycles. The molecule has 0 bridgehead atoms. The van der Waals surface area contributed by atoms with Gasteiger partial charge in [-0.25, -0.2) is 9.97 Å². The van der Waals surface area contributed by atoms with E-state index in [1.54, 1.807) is 6.07 Å². The summed E-state index contributed by atoms with van der Waals surface area (Å²) in [4.78, 5) is 7.89. The first-order chi connectivity index (χ1) is 6.34. The molecule has 0 aromatic carbocycles. The van der Waals surface area contributed by atoms with Crippen molar-refractivity contribution in [3.63, 3.8) is 0 Å². The van der Waals surface area contributed by atoms with Gasteiger partial charge in [0.2, 0.25) is 5.88 Å². The fourth-order valence-electron chi connectivity index (χ4n) is 1.16. The number of nitrogens with zero attached hydrogens (tertiary/aromatic N) is 2. The smallest absolute Gasteiger partial charge is 0.217 e. The predicted molar refractivity (Wildman–Crippen MR) is 49.6 cm³/mol. The van der Waals surface area contributed by atoms with E-state index in [1.807, 2.05) is 0 Å². The molecule has 1 aromatic heterocycles. The molecule has 0 N–H and O–H groups in total. The number of aromatic nitrogens is 2. The summed E-state index contributed by atoms with van der Waals surface area (Å²) in [5.41, 5.74) is 0. The van der Waals surface area contributed by atoms with Crippen molar-refractivity contribution in [1.29, 1.82) is 0 Å². The molecule has 1 fully saturated rings. The lowest BCUT2D eigenvalue weighted by molar-refractivity contribution is 0.138. The molecule has 4 nitrogen and oxygen atoms in total. The standard InChI is InChI=1S/C8H9BrN2O2/c9-7-3-8(11-5-10-7)13-6-1-2-12-4-6/h3,5-6H,1-2,4H2. The highest BCUT2D eigenvalue weighted by Crippen LogP contribution is 2.16. The molecule has 13 heavy (non-hydrogen) atoms. The van der Waals surface area contributed by atoms with Gasteiger partial charge in [0.25, 0.3) is 0 Å². The van der Waals surface area contributed by atoms with E-state index in [2.05, 4.69) is 25.9 Å². The molecular weight excluding hydrogens is 236 g/mol. The largest absolute Gasteiger partial charge is 0.472 e. The van der Waals surface area contributed by atoms with Gasteiger partial charge >= 0.3 is 0 Å². The zero-order valence-electron chi connectivity index (χ0n) is 6.94. The Morgan fingerprint density at radius 2 is 2.46 bits per heavy atom. The maximum atomic E-state index is 5.55. The fraction of sp³-hybridized carbons (Fsp3) is 0.500. The number of hydrogen-bond donors (Lipinski definition) is 0. The van der Waals surface area contributed by atoms with Crippen LogP contribution in [0.25, 0.3) is 0 Å². The molecule has 1 atom stereocenters. The van der Waals surface area contributed by atoms with E-state index in [1.165, 1.54) is 6.33 Å². The Labute approximate surface area is 84.4 Å². The molecule has 2 heterocycles. The SMILES string of the molecule is Brc1cc(OC2CCOC2)ncn1. The van der Waals surface area contributed by atoms with Gasteiger partial charge in [-0.05, 0) is 15.9 Å². The first-order valence-corrected chi connectivity index (χ1v) is 4.86. The van der Waals surface area contributed by atoms with E-state index in [4.69, 9.17) is 9.47 Å². The molecular formula is C8H9BrN2O2. The molecule has 1 aliphatic heterocycles. The van der Waals surface area contributed by atoms with Gasteiger partial charge in [0.1, 0.15) is 17.0 Å². The summed E-state index contributed by atoms with van der Waals surface area (Å²) in [5.74, 6) is 0.595. The Kier molecular flexibility index (Phi) is 2.75. The molecule has 1 aromatic rings. The number of halogens is 1. The van der Waals surface area contributed by atoms with Crippen molar-refractivity contribution in [3.8, 4) is 5.88 Å². The van der Waals surface area contributed by atoms with Gasteiger partial charge in [-0.1, -0.05) is 0 Å². The minimum Gasteiger partial charge on any atom is -0.472 e. The zero-order valence-corrected chi connectivity index (χ0v) is 8.53. The number of rotatable bonds is 2. The average Bonchev–Trinajstić information content (AvgIpc) is 2.57. The second-order valence-electron chi connectivity index (χ2n) is 2.78. The molecule has 0 spiro atoms. The van der Waals surface area contributed by atoms with Crippen molar-refractivity contribution in [2.24, 2.45) is 0 Å². The Morgan fingerprint density at radius 3 is 3.15 bits per heavy atom. The highest BCUT2D eigenvalue weighted by molar-refractivity contribution is 9.10. The number of hydrogen-bond acceptors (Lipinski definition) is 4. The first kappa shape index (κ1) is 8.90. The van der Waals surface area contributed by atoms with Gasteiger partial charge in [0.05, 0.1) is 13.2 Å². The third kappa shape index (κ3) is 2.38. The lowest BCUT2D eigenvalue weighted by atomic mass is 10.3. The summed E-state index contributed by atoms with van der Waals surface area (Å²) >= 11 is 3.25. The Bertz CT molecular complexity index is 289. The maximum absolute atomic E-state index is 5.55. The molecule has 0 amide bonds. The fourth-order valence-corrected chi connectivity index (χ4v) is 1.45. The lowest BCUT2D eigenvalue weighted by Gasteiger charge is -2.09. The summed E-state index contributed by atoms with van der Waals surface area (Å²) in [5, 5.41) is 0. The summed E-state index contributed by atoms with van der Waals surface area (Å²) in [6.07, 6.45) is 2.54. The second kappa shape index (κ2) is 4.02. The molecule has 0 radical (unpaired) electrons. The minimum atomic E-state index is 0.141. The molecule has 0 aliphatic carbocycles. The van der Waals surface area contributed by atoms with Crippen molar-refractivity contribution < 1.29 is 9.47 Å². The summed E-state index contributed by atoms with van der Waals surface area (Å²) in [6, 6.07) is 1.75. The monoisotopic (exact) mass is 244 g/mol. The number of ether oxygens (including phenoxy) is 2. The van der Waals surface area contributed by atoms with Gasteiger partial charge in [0.15, 0.2) is 0 Å². The van der Waals surface area contributed by atoms with Crippen LogP contribution in [-0.2, 0) is 4.74 Å². The molecule has 1 aliphatic rings. The Morgan fingerprint density at radius 1 is 1.54 bits per heavy atom. The Balaban J connectivity index is 2.00. The van der Waals surface area contributed by atoms with Crippen LogP contribution in [0.4, 0.5) is 0 Å². The third-order valence-electron chi connectivity index (χ3n) is 1.78. The maximum Gasteiger partial charge on any atom is 0.217 e. The molecule has 1 saturated heterocycles. The van der Waals surface area contributed by atoms with Crippen LogP contribution in [0.5, 0.6) is 5.88 Å². The van der Waals surface area contributed by atoms with Crippen LogP contribution in [0.3, 0.4) is 0 Å². The van der Waals surface area contributed by atoms with Crippen LogP contribution in [0.2, 0.25) is 0 Å². The van der Waals surface area contributed by atoms with Gasteiger partial charge < -0.3 is 9.47 Å². The minimum absolute atomic E-state index is 0.141.